The molecule has 16 heavy (non-hydrogen) atoms. The molecule has 1 aromatic carbocycles. The van der Waals surface area contributed by atoms with Gasteiger partial charge in [-0.1, -0.05) is 0 Å². The average molecular weight is 240 g/mol. The summed E-state index contributed by atoms with van der Waals surface area (Å²) in [6.45, 7) is 0. The van der Waals surface area contributed by atoms with E-state index in [1.54, 1.807) is 0 Å². The number of rotatable bonds is 1. The Morgan fingerprint density at radius 3 is 2.12 bits per heavy atom. The summed E-state index contributed by atoms with van der Waals surface area (Å²) in [7, 11) is -4.65. The molecule has 9 heteroatoms. The molecular formula is C7H6BF5N2O. The molecule has 0 aromatic heterocycles. The van der Waals surface area contributed by atoms with Crippen molar-refractivity contribution in [2.75, 3.05) is 7.11 Å². The number of hydrogen-bond donors (Lipinski definition) is 0. The molecule has 0 saturated carbocycles. The second-order valence-corrected chi connectivity index (χ2v) is 2.41. The van der Waals surface area contributed by atoms with E-state index in [0.717, 1.165) is 0 Å². The van der Waals surface area contributed by atoms with Crippen LogP contribution in [0.25, 0.3) is 4.98 Å². The zero-order valence-electron chi connectivity index (χ0n) is 8.00. The first-order valence-electron chi connectivity index (χ1n) is 3.84. The minimum atomic E-state index is -6.00. The molecule has 0 amide bonds. The quantitative estimate of drug-likeness (QED) is 0.427. The van der Waals surface area contributed by atoms with E-state index in [2.05, 4.69) is 9.71 Å². The molecule has 1 rings (SSSR count). The molecule has 0 saturated heterocycles. The zero-order chi connectivity index (χ0) is 12.8. The van der Waals surface area contributed by atoms with Gasteiger partial charge in [0.1, 0.15) is 0 Å². The van der Waals surface area contributed by atoms with Crippen LogP contribution in [-0.2, 0) is 0 Å². The normalized spacial score (nSPS) is 9.81. The summed E-state index contributed by atoms with van der Waals surface area (Å²) >= 11 is 0. The number of benzene rings is 1. The van der Waals surface area contributed by atoms with Gasteiger partial charge in [0.2, 0.25) is 5.39 Å². The minimum absolute atomic E-state index is 0.0697. The van der Waals surface area contributed by atoms with Gasteiger partial charge in [-0.15, -0.1) is 0 Å². The Morgan fingerprint density at radius 1 is 1.25 bits per heavy atom. The topological polar surface area (TPSA) is 37.4 Å². The van der Waals surface area contributed by atoms with Gasteiger partial charge in [-0.25, -0.2) is 4.39 Å². The molecule has 0 heterocycles. The number of hydrogen-bond acceptors (Lipinski definition) is 2. The first-order valence-corrected chi connectivity index (χ1v) is 3.84. The molecule has 0 atom stereocenters. The Morgan fingerprint density at radius 2 is 1.75 bits per heavy atom. The molecule has 0 bridgehead atoms. The Hall–Kier alpha value is -1.85. The highest BCUT2D eigenvalue weighted by molar-refractivity contribution is 6.50. The summed E-state index contributed by atoms with van der Waals surface area (Å²) in [5.74, 6) is -0.403. The second kappa shape index (κ2) is 5.90. The van der Waals surface area contributed by atoms with Crippen molar-refractivity contribution in [3.8, 4) is 5.75 Å². The summed E-state index contributed by atoms with van der Waals surface area (Å²) in [5, 5.41) is 8.30. The molecule has 0 unspecified atom stereocenters. The van der Waals surface area contributed by atoms with E-state index in [1.165, 1.54) is 25.3 Å². The van der Waals surface area contributed by atoms with Gasteiger partial charge < -0.3 is 22.0 Å². The fraction of sp³-hybridized carbons (Fsp3) is 0.143. The minimum Gasteiger partial charge on any atom is -0.493 e. The molecule has 0 fully saturated rings. The number of nitrogens with zero attached hydrogens (tertiary/aromatic N) is 2. The summed E-state index contributed by atoms with van der Waals surface area (Å²) in [4.78, 5) is 2.87. The average Bonchev–Trinajstić information content (AvgIpc) is 2.16. The maximum atomic E-state index is 12.7. The third-order valence-electron chi connectivity index (χ3n) is 1.25. The largest absolute Gasteiger partial charge is 0.673 e. The van der Waals surface area contributed by atoms with Crippen molar-refractivity contribution in [3.05, 3.63) is 29.0 Å². The van der Waals surface area contributed by atoms with Gasteiger partial charge in [0, 0.05) is 6.07 Å². The number of diazo groups is 1. The lowest BCUT2D eigenvalue weighted by Crippen LogP contribution is -2.02. The summed E-state index contributed by atoms with van der Waals surface area (Å²) in [5.41, 5.74) is 0.267. The molecular weight excluding hydrogens is 234 g/mol. The van der Waals surface area contributed by atoms with Crippen molar-refractivity contribution in [2.24, 2.45) is 0 Å². The van der Waals surface area contributed by atoms with Crippen molar-refractivity contribution in [1.82, 2.24) is 0 Å². The Bertz CT molecular complexity index is 383. The molecule has 0 N–H and O–H groups in total. The fourth-order valence-corrected chi connectivity index (χ4v) is 0.711. The van der Waals surface area contributed by atoms with Crippen LogP contribution in [0.3, 0.4) is 0 Å². The predicted octanol–water partition coefficient (Wildman–Crippen LogP) is 3.62. The Labute approximate surface area is 87.6 Å². The number of halogens is 5. The van der Waals surface area contributed by atoms with Crippen LogP contribution >= 0.6 is 0 Å². The van der Waals surface area contributed by atoms with Gasteiger partial charge >= 0.3 is 12.9 Å². The van der Waals surface area contributed by atoms with Gasteiger partial charge in [0.15, 0.2) is 16.5 Å². The SMILES string of the molecule is COc1cc([N+]#N)ccc1F.F[B-](F)(F)F. The van der Waals surface area contributed by atoms with Crippen molar-refractivity contribution in [1.29, 1.82) is 5.39 Å². The highest BCUT2D eigenvalue weighted by atomic mass is 19.5. The number of methoxy groups -OCH3 is 1. The van der Waals surface area contributed by atoms with Crippen LogP contribution < -0.4 is 4.74 Å². The van der Waals surface area contributed by atoms with Gasteiger partial charge in [-0.05, 0) is 6.07 Å². The molecule has 1 aromatic rings. The van der Waals surface area contributed by atoms with E-state index in [0.29, 0.717) is 0 Å². The lowest BCUT2D eigenvalue weighted by atomic mass is 10.3. The van der Waals surface area contributed by atoms with E-state index in [1.807, 2.05) is 0 Å². The first-order chi connectivity index (χ1) is 7.27. The number of ether oxygens (including phenoxy) is 1. The molecule has 0 aliphatic carbocycles. The lowest BCUT2D eigenvalue weighted by molar-refractivity contribution is 0.368. The maximum absolute atomic E-state index is 12.7. The molecule has 0 aliphatic rings. The van der Waals surface area contributed by atoms with E-state index in [4.69, 9.17) is 5.39 Å². The molecule has 0 spiro atoms. The van der Waals surface area contributed by atoms with Crippen molar-refractivity contribution >= 4 is 12.9 Å². The van der Waals surface area contributed by atoms with Crippen molar-refractivity contribution < 1.29 is 26.4 Å². The summed E-state index contributed by atoms with van der Waals surface area (Å²) in [6.07, 6.45) is 0. The smallest absolute Gasteiger partial charge is 0.493 e. The van der Waals surface area contributed by atoms with E-state index in [9.17, 15) is 21.7 Å². The first kappa shape index (κ1) is 14.2. The van der Waals surface area contributed by atoms with Crippen LogP contribution in [0.2, 0.25) is 0 Å². The Balaban J connectivity index is 0.000000385. The van der Waals surface area contributed by atoms with Crippen LogP contribution in [0.5, 0.6) is 5.75 Å². The molecule has 3 nitrogen and oxygen atoms in total. The van der Waals surface area contributed by atoms with E-state index >= 15 is 0 Å². The standard InChI is InChI=1S/C7H6FN2O.BF4/c1-11-7-4-5(10-9)2-3-6(7)8;2-1(3,4)5/h2-4H,1H3;/q+1;-1. The van der Waals surface area contributed by atoms with Crippen LogP contribution in [0, 0.1) is 11.2 Å². The van der Waals surface area contributed by atoms with E-state index in [-0.39, 0.29) is 11.4 Å². The van der Waals surface area contributed by atoms with Crippen LogP contribution in [-0.4, -0.2) is 14.4 Å². The van der Waals surface area contributed by atoms with Crippen LogP contribution in [0.4, 0.5) is 27.3 Å². The van der Waals surface area contributed by atoms with Gasteiger partial charge in [0.05, 0.1) is 13.2 Å². The molecule has 0 radical (unpaired) electrons. The predicted molar refractivity (Wildman–Crippen MR) is 47.9 cm³/mol. The highest BCUT2D eigenvalue weighted by Gasteiger charge is 2.20. The summed E-state index contributed by atoms with van der Waals surface area (Å²) < 4.78 is 56.3. The highest BCUT2D eigenvalue weighted by Crippen LogP contribution is 2.22. The fourth-order valence-electron chi connectivity index (χ4n) is 0.711. The summed E-state index contributed by atoms with van der Waals surface area (Å²) in [6, 6.07) is 3.82. The van der Waals surface area contributed by atoms with Crippen molar-refractivity contribution in [2.45, 2.75) is 0 Å². The monoisotopic (exact) mass is 240 g/mol. The van der Waals surface area contributed by atoms with Crippen LogP contribution in [0.15, 0.2) is 18.2 Å². The molecule has 88 valence electrons. The maximum Gasteiger partial charge on any atom is 0.673 e. The van der Waals surface area contributed by atoms with Crippen molar-refractivity contribution in [3.63, 3.8) is 0 Å². The third-order valence-corrected chi connectivity index (χ3v) is 1.25. The van der Waals surface area contributed by atoms with Gasteiger partial charge in [0.25, 0.3) is 0 Å². The third kappa shape index (κ3) is 6.59. The van der Waals surface area contributed by atoms with Crippen LogP contribution in [0.1, 0.15) is 0 Å². The Kier molecular flexibility index (Phi) is 5.22. The lowest BCUT2D eigenvalue weighted by Gasteiger charge is -1.96. The molecule has 0 aliphatic heterocycles. The van der Waals surface area contributed by atoms with Gasteiger partial charge in [-0.2, -0.15) is 0 Å². The van der Waals surface area contributed by atoms with E-state index < -0.39 is 13.1 Å². The zero-order valence-corrected chi connectivity index (χ0v) is 8.00. The second-order valence-electron chi connectivity index (χ2n) is 2.41. The van der Waals surface area contributed by atoms with Gasteiger partial charge in [-0.3, -0.25) is 0 Å².